The molecule has 1 aromatic heterocycles. The van der Waals surface area contributed by atoms with E-state index < -0.39 is 10.0 Å². The molecular weight excluding hydrogens is 420 g/mol. The number of nitrogens with one attached hydrogen (secondary N) is 1. The summed E-state index contributed by atoms with van der Waals surface area (Å²) < 4.78 is 28.3. The Labute approximate surface area is 187 Å². The fourth-order valence-electron chi connectivity index (χ4n) is 4.20. The Hall–Kier alpha value is -3.48. The van der Waals surface area contributed by atoms with E-state index in [1.54, 1.807) is 36.4 Å². The SMILES string of the molecule is O=C1/C(=C/c2ccccc2)CN(S(=O)(=O)c2ccccc2)CCc2c1[nH]c1ccccc21. The fourth-order valence-corrected chi connectivity index (χ4v) is 5.64. The molecule has 0 spiro atoms. The molecule has 0 unspecified atom stereocenters. The van der Waals surface area contributed by atoms with Gasteiger partial charge in [0.05, 0.1) is 10.6 Å². The highest BCUT2D eigenvalue weighted by Gasteiger charge is 2.31. The number of nitrogens with zero attached hydrogens (tertiary/aromatic N) is 1. The summed E-state index contributed by atoms with van der Waals surface area (Å²) in [5, 5.41) is 0.953. The van der Waals surface area contributed by atoms with E-state index in [0.717, 1.165) is 22.0 Å². The Morgan fingerprint density at radius 3 is 2.25 bits per heavy atom. The molecule has 0 saturated heterocycles. The van der Waals surface area contributed by atoms with Gasteiger partial charge in [-0.05, 0) is 41.8 Å². The quantitative estimate of drug-likeness (QED) is 0.468. The monoisotopic (exact) mass is 442 g/mol. The van der Waals surface area contributed by atoms with Crippen LogP contribution >= 0.6 is 0 Å². The van der Waals surface area contributed by atoms with Crippen LogP contribution in [0.3, 0.4) is 0 Å². The van der Waals surface area contributed by atoms with Gasteiger partial charge < -0.3 is 4.98 Å². The summed E-state index contributed by atoms with van der Waals surface area (Å²) in [6.45, 7) is 0.297. The summed E-state index contributed by atoms with van der Waals surface area (Å²) in [5.74, 6) is -0.173. The van der Waals surface area contributed by atoms with Gasteiger partial charge in [0.1, 0.15) is 0 Å². The van der Waals surface area contributed by atoms with Crippen LogP contribution in [0.5, 0.6) is 0 Å². The van der Waals surface area contributed by atoms with Crippen LogP contribution in [0.4, 0.5) is 0 Å². The number of aromatic nitrogens is 1. The maximum atomic E-state index is 13.7. The Morgan fingerprint density at radius 1 is 0.844 bits per heavy atom. The maximum absolute atomic E-state index is 13.7. The number of ketones is 1. The number of H-pyrrole nitrogens is 1. The van der Waals surface area contributed by atoms with Gasteiger partial charge in [-0.1, -0.05) is 66.7 Å². The van der Waals surface area contributed by atoms with E-state index in [2.05, 4.69) is 4.98 Å². The summed E-state index contributed by atoms with van der Waals surface area (Å²) in [6.07, 6.45) is 2.24. The third-order valence-electron chi connectivity index (χ3n) is 5.81. The normalized spacial score (nSPS) is 16.6. The summed E-state index contributed by atoms with van der Waals surface area (Å²) in [7, 11) is -3.76. The van der Waals surface area contributed by atoms with Crippen LogP contribution in [0.15, 0.2) is 95.4 Å². The molecule has 3 aromatic carbocycles. The predicted molar refractivity (Wildman–Crippen MR) is 126 cm³/mol. The first kappa shape index (κ1) is 20.4. The van der Waals surface area contributed by atoms with E-state index in [0.29, 0.717) is 17.7 Å². The number of benzene rings is 3. The lowest BCUT2D eigenvalue weighted by Crippen LogP contribution is -2.37. The van der Waals surface area contributed by atoms with Gasteiger partial charge in [-0.25, -0.2) is 8.42 Å². The number of sulfonamides is 1. The minimum atomic E-state index is -3.76. The van der Waals surface area contributed by atoms with Crippen LogP contribution in [0.1, 0.15) is 21.6 Å². The Balaban J connectivity index is 1.66. The first-order chi connectivity index (χ1) is 15.5. The van der Waals surface area contributed by atoms with Crippen molar-refractivity contribution in [1.82, 2.24) is 9.29 Å². The second kappa shape index (κ2) is 8.22. The standard InChI is InChI=1S/C26H22N2O3S/c29-26-20(17-19-9-3-1-4-10-19)18-28(32(30,31)21-11-5-2-6-12-21)16-15-23-22-13-7-8-14-24(22)27-25(23)26/h1-14,17,27H,15-16,18H2/b20-17+. The van der Waals surface area contributed by atoms with Crippen molar-refractivity contribution in [3.05, 3.63) is 107 Å². The van der Waals surface area contributed by atoms with Gasteiger partial charge in [-0.2, -0.15) is 4.31 Å². The topological polar surface area (TPSA) is 70.2 Å². The second-order valence-electron chi connectivity index (χ2n) is 7.84. The highest BCUT2D eigenvalue weighted by atomic mass is 32.2. The summed E-state index contributed by atoms with van der Waals surface area (Å²) in [4.78, 5) is 17.2. The zero-order chi connectivity index (χ0) is 22.1. The van der Waals surface area contributed by atoms with Gasteiger partial charge in [0.25, 0.3) is 0 Å². The van der Waals surface area contributed by atoms with Crippen LogP contribution in [-0.4, -0.2) is 36.6 Å². The molecule has 0 fully saturated rings. The van der Waals surface area contributed by atoms with E-state index in [4.69, 9.17) is 0 Å². The molecule has 2 heterocycles. The Bertz CT molecular complexity index is 1420. The van der Waals surface area contributed by atoms with E-state index in [-0.39, 0.29) is 23.8 Å². The van der Waals surface area contributed by atoms with Crippen LogP contribution in [-0.2, 0) is 16.4 Å². The van der Waals surface area contributed by atoms with Gasteiger partial charge in [0, 0.05) is 29.6 Å². The summed E-state index contributed by atoms with van der Waals surface area (Å²) in [6, 6.07) is 25.6. The zero-order valence-corrected chi connectivity index (χ0v) is 18.2. The molecule has 5 nitrogen and oxygen atoms in total. The molecule has 4 aromatic rings. The number of rotatable bonds is 3. The molecule has 0 atom stereocenters. The van der Waals surface area contributed by atoms with Gasteiger partial charge >= 0.3 is 0 Å². The van der Waals surface area contributed by atoms with Gasteiger partial charge in [0.15, 0.2) is 0 Å². The maximum Gasteiger partial charge on any atom is 0.243 e. The number of fused-ring (bicyclic) bond motifs is 3. The van der Waals surface area contributed by atoms with Crippen molar-refractivity contribution in [2.45, 2.75) is 11.3 Å². The van der Waals surface area contributed by atoms with Crippen molar-refractivity contribution in [3.63, 3.8) is 0 Å². The number of para-hydroxylation sites is 1. The summed E-state index contributed by atoms with van der Waals surface area (Å²) in [5.41, 5.74) is 3.57. The average Bonchev–Trinajstić information content (AvgIpc) is 3.19. The van der Waals surface area contributed by atoms with E-state index in [1.807, 2.05) is 54.6 Å². The zero-order valence-electron chi connectivity index (χ0n) is 17.4. The van der Waals surface area contributed by atoms with Gasteiger partial charge in [-0.3, -0.25) is 4.79 Å². The number of hydrogen-bond acceptors (Lipinski definition) is 3. The Morgan fingerprint density at radius 2 is 1.50 bits per heavy atom. The molecule has 5 rings (SSSR count). The van der Waals surface area contributed by atoms with Gasteiger partial charge in [0.2, 0.25) is 15.8 Å². The Kier molecular flexibility index (Phi) is 5.25. The van der Waals surface area contributed by atoms with Gasteiger partial charge in [-0.15, -0.1) is 0 Å². The van der Waals surface area contributed by atoms with Crippen molar-refractivity contribution in [2.75, 3.05) is 13.1 Å². The molecule has 1 N–H and O–H groups in total. The smallest absolute Gasteiger partial charge is 0.243 e. The third kappa shape index (κ3) is 3.68. The number of carbonyl (C=O) groups excluding carboxylic acids is 1. The first-order valence-electron chi connectivity index (χ1n) is 10.5. The fraction of sp³-hybridized carbons (Fsp3) is 0.115. The van der Waals surface area contributed by atoms with Crippen LogP contribution < -0.4 is 0 Å². The van der Waals surface area contributed by atoms with E-state index in [9.17, 15) is 13.2 Å². The van der Waals surface area contributed by atoms with Crippen molar-refractivity contribution in [3.8, 4) is 0 Å². The molecule has 1 aliphatic heterocycles. The van der Waals surface area contributed by atoms with Crippen LogP contribution in [0.25, 0.3) is 17.0 Å². The molecule has 1 aliphatic rings. The largest absolute Gasteiger partial charge is 0.352 e. The molecule has 0 aliphatic carbocycles. The first-order valence-corrected chi connectivity index (χ1v) is 11.9. The lowest BCUT2D eigenvalue weighted by molar-refractivity contribution is 0.102. The van der Waals surface area contributed by atoms with Crippen LogP contribution in [0, 0.1) is 0 Å². The average molecular weight is 443 g/mol. The lowest BCUT2D eigenvalue weighted by atomic mass is 9.97. The molecular formula is C26H22N2O3S. The van der Waals surface area contributed by atoms with E-state index in [1.165, 1.54) is 4.31 Å². The van der Waals surface area contributed by atoms with Crippen LogP contribution in [0.2, 0.25) is 0 Å². The van der Waals surface area contributed by atoms with E-state index >= 15 is 0 Å². The molecule has 0 amide bonds. The van der Waals surface area contributed by atoms with Crippen molar-refractivity contribution < 1.29 is 13.2 Å². The number of Topliss-reactive ketones (excluding diaryl/α,β-unsaturated/α-hetero) is 1. The van der Waals surface area contributed by atoms with Crippen molar-refractivity contribution in [1.29, 1.82) is 0 Å². The number of hydrogen-bond donors (Lipinski definition) is 1. The molecule has 160 valence electrons. The van der Waals surface area contributed by atoms with Crippen molar-refractivity contribution >= 4 is 32.8 Å². The second-order valence-corrected chi connectivity index (χ2v) is 9.77. The lowest BCUT2D eigenvalue weighted by Gasteiger charge is -2.25. The number of carbonyl (C=O) groups is 1. The third-order valence-corrected chi connectivity index (χ3v) is 7.67. The predicted octanol–water partition coefficient (Wildman–Crippen LogP) is 4.68. The minimum Gasteiger partial charge on any atom is -0.352 e. The molecule has 32 heavy (non-hydrogen) atoms. The highest BCUT2D eigenvalue weighted by molar-refractivity contribution is 7.89. The molecule has 6 heteroatoms. The molecule has 0 bridgehead atoms. The highest BCUT2D eigenvalue weighted by Crippen LogP contribution is 2.29. The number of aromatic amines is 1. The van der Waals surface area contributed by atoms with Crippen molar-refractivity contribution in [2.24, 2.45) is 0 Å². The molecule has 0 radical (unpaired) electrons. The minimum absolute atomic E-state index is 0.0137. The summed E-state index contributed by atoms with van der Waals surface area (Å²) >= 11 is 0. The molecule has 0 saturated carbocycles.